The number of anilines is 2. The van der Waals surface area contributed by atoms with Crippen LogP contribution in [0.4, 0.5) is 15.9 Å². The third kappa shape index (κ3) is 3.50. The Morgan fingerprint density at radius 2 is 1.74 bits per heavy atom. The lowest BCUT2D eigenvalue weighted by Crippen LogP contribution is -2.39. The number of aromatic amines is 1. The van der Waals surface area contributed by atoms with E-state index in [9.17, 15) is 18.8 Å². The van der Waals surface area contributed by atoms with Crippen molar-refractivity contribution in [3.05, 3.63) is 92.4 Å². The molecule has 1 heterocycles. The van der Waals surface area contributed by atoms with Gasteiger partial charge in [-0.15, -0.1) is 0 Å². The van der Waals surface area contributed by atoms with Crippen LogP contribution in [0.3, 0.4) is 0 Å². The number of H-pyrrole nitrogens is 1. The predicted molar refractivity (Wildman–Crippen MR) is 100 cm³/mol. The molecule has 0 saturated carbocycles. The molecule has 0 aliphatic rings. The molecule has 138 valence electrons. The van der Waals surface area contributed by atoms with Crippen LogP contribution in [0.25, 0.3) is 0 Å². The van der Waals surface area contributed by atoms with Gasteiger partial charge in [0.1, 0.15) is 11.6 Å². The highest BCUT2D eigenvalue weighted by Gasteiger charge is 2.23. The zero-order valence-electron chi connectivity index (χ0n) is 14.5. The van der Waals surface area contributed by atoms with E-state index in [1.54, 1.807) is 24.3 Å². The van der Waals surface area contributed by atoms with Crippen molar-refractivity contribution in [1.29, 1.82) is 0 Å². The van der Waals surface area contributed by atoms with Crippen molar-refractivity contribution in [3.63, 3.8) is 0 Å². The third-order valence-electron chi connectivity index (χ3n) is 4.14. The number of nitrogens with zero attached hydrogens (tertiary/aromatic N) is 2. The molecule has 0 aliphatic carbocycles. The fourth-order valence-electron chi connectivity index (χ4n) is 2.74. The topological polar surface area (TPSA) is 101 Å². The predicted octanol–water partition coefficient (Wildman–Crippen LogP) is 1.58. The number of benzene rings is 2. The van der Waals surface area contributed by atoms with E-state index in [2.05, 4.69) is 4.98 Å². The van der Waals surface area contributed by atoms with E-state index in [0.29, 0.717) is 0 Å². The Hall–Kier alpha value is -3.68. The summed E-state index contributed by atoms with van der Waals surface area (Å²) in [6.07, 6.45) is 0. The van der Waals surface area contributed by atoms with Crippen molar-refractivity contribution < 1.29 is 9.18 Å². The van der Waals surface area contributed by atoms with Crippen molar-refractivity contribution in [1.82, 2.24) is 9.55 Å². The smallest absolute Gasteiger partial charge is 0.330 e. The molecule has 7 nitrogen and oxygen atoms in total. The number of aromatic nitrogens is 2. The third-order valence-corrected chi connectivity index (χ3v) is 4.14. The lowest BCUT2D eigenvalue weighted by Gasteiger charge is -2.20. The van der Waals surface area contributed by atoms with Gasteiger partial charge >= 0.3 is 5.69 Å². The minimum atomic E-state index is -0.825. The van der Waals surface area contributed by atoms with E-state index < -0.39 is 23.0 Å². The average Bonchev–Trinajstić information content (AvgIpc) is 2.65. The van der Waals surface area contributed by atoms with E-state index in [1.807, 2.05) is 6.07 Å². The average molecular weight is 368 g/mol. The molecule has 0 bridgehead atoms. The summed E-state index contributed by atoms with van der Waals surface area (Å²) in [5, 5.41) is 0. The highest BCUT2D eigenvalue weighted by Crippen LogP contribution is 2.19. The maximum absolute atomic E-state index is 13.9. The molecule has 0 radical (unpaired) electrons. The van der Waals surface area contributed by atoms with Crippen molar-refractivity contribution in [3.8, 4) is 0 Å². The Labute approximate surface area is 153 Å². The summed E-state index contributed by atoms with van der Waals surface area (Å²) in [6, 6.07) is 14.4. The molecule has 0 atom stereocenters. The monoisotopic (exact) mass is 368 g/mol. The van der Waals surface area contributed by atoms with Gasteiger partial charge in [-0.25, -0.2) is 9.18 Å². The van der Waals surface area contributed by atoms with Gasteiger partial charge in [0.05, 0.1) is 12.1 Å². The Balaban J connectivity index is 2.06. The first-order chi connectivity index (χ1) is 12.9. The fourth-order valence-corrected chi connectivity index (χ4v) is 2.74. The minimum absolute atomic E-state index is 0.108. The number of nitrogens with two attached hydrogens (primary N) is 1. The van der Waals surface area contributed by atoms with Gasteiger partial charge in [0.15, 0.2) is 5.69 Å². The lowest BCUT2D eigenvalue weighted by atomic mass is 10.2. The van der Waals surface area contributed by atoms with E-state index >= 15 is 0 Å². The van der Waals surface area contributed by atoms with Gasteiger partial charge in [-0.2, -0.15) is 0 Å². The molecule has 8 heteroatoms. The van der Waals surface area contributed by atoms with Crippen molar-refractivity contribution in [2.75, 3.05) is 17.7 Å². The number of nitrogens with one attached hydrogen (secondary N) is 1. The Kier molecular flexibility index (Phi) is 4.89. The fraction of sp³-hybridized carbons (Fsp3) is 0.105. The van der Waals surface area contributed by atoms with Crippen LogP contribution < -0.4 is 21.9 Å². The Bertz CT molecular complexity index is 1110. The molecule has 3 aromatic rings. The zero-order valence-corrected chi connectivity index (χ0v) is 14.5. The summed E-state index contributed by atoms with van der Waals surface area (Å²) in [6.45, 7) is 0.108. The lowest BCUT2D eigenvalue weighted by molar-refractivity contribution is 0.0989. The number of hydrogen-bond donors (Lipinski definition) is 2. The molecule has 0 spiro atoms. The highest BCUT2D eigenvalue weighted by atomic mass is 19.1. The maximum Gasteiger partial charge on any atom is 0.330 e. The zero-order chi connectivity index (χ0) is 19.6. The number of halogens is 1. The van der Waals surface area contributed by atoms with Crippen LogP contribution in [0.5, 0.6) is 0 Å². The number of carbonyl (C=O) groups excluding carboxylic acids is 1. The molecule has 1 amide bonds. The van der Waals surface area contributed by atoms with Gasteiger partial charge < -0.3 is 10.6 Å². The van der Waals surface area contributed by atoms with Gasteiger partial charge in [0, 0.05) is 7.05 Å². The second-order valence-electron chi connectivity index (χ2n) is 5.91. The molecular formula is C19H17FN4O3. The van der Waals surface area contributed by atoms with Gasteiger partial charge in [-0.1, -0.05) is 42.5 Å². The Morgan fingerprint density at radius 3 is 2.41 bits per heavy atom. The van der Waals surface area contributed by atoms with Gasteiger partial charge in [0.25, 0.3) is 11.5 Å². The summed E-state index contributed by atoms with van der Waals surface area (Å²) in [4.78, 5) is 40.2. The molecule has 3 N–H and O–H groups in total. The normalized spacial score (nSPS) is 10.6. The maximum atomic E-state index is 13.9. The van der Waals surface area contributed by atoms with Crippen molar-refractivity contribution >= 4 is 17.4 Å². The van der Waals surface area contributed by atoms with Crippen LogP contribution in [0.2, 0.25) is 0 Å². The van der Waals surface area contributed by atoms with Crippen LogP contribution in [0.1, 0.15) is 15.9 Å². The number of rotatable bonds is 4. The summed E-state index contributed by atoms with van der Waals surface area (Å²) in [5.41, 5.74) is 4.87. The molecule has 0 saturated heterocycles. The van der Waals surface area contributed by atoms with Crippen LogP contribution >= 0.6 is 0 Å². The largest absolute Gasteiger partial charge is 0.383 e. The second kappa shape index (κ2) is 7.28. The van der Waals surface area contributed by atoms with Gasteiger partial charge in [-0.3, -0.25) is 19.1 Å². The second-order valence-corrected chi connectivity index (χ2v) is 5.91. The number of amides is 1. The van der Waals surface area contributed by atoms with Crippen LogP contribution in [-0.2, 0) is 6.54 Å². The van der Waals surface area contributed by atoms with E-state index in [1.165, 1.54) is 25.2 Å². The number of hydrogen-bond acceptors (Lipinski definition) is 4. The van der Waals surface area contributed by atoms with E-state index in [4.69, 9.17) is 5.73 Å². The van der Waals surface area contributed by atoms with Crippen LogP contribution in [0.15, 0.2) is 64.2 Å². The first kappa shape index (κ1) is 18.1. The van der Waals surface area contributed by atoms with E-state index in [0.717, 1.165) is 21.1 Å². The molecule has 27 heavy (non-hydrogen) atoms. The molecule has 0 unspecified atom stereocenters. The SMILES string of the molecule is CN(C(=O)c1ccccc1F)c1c(N)n(Cc2ccccc2)c(=O)[nH]c1=O. The first-order valence-electron chi connectivity index (χ1n) is 8.09. The first-order valence-corrected chi connectivity index (χ1v) is 8.09. The van der Waals surface area contributed by atoms with Crippen LogP contribution in [-0.4, -0.2) is 22.5 Å². The molecular weight excluding hydrogens is 351 g/mol. The summed E-state index contributed by atoms with van der Waals surface area (Å²) < 4.78 is 15.1. The minimum Gasteiger partial charge on any atom is -0.383 e. The standard InChI is InChI=1S/C19H17FN4O3/c1-23(18(26)13-9-5-6-10-14(13)20)15-16(21)24(19(27)22-17(15)25)11-12-7-3-2-4-8-12/h2-10H,11,21H2,1H3,(H,22,25,27). The van der Waals surface area contributed by atoms with Gasteiger partial charge in [-0.05, 0) is 17.7 Å². The molecule has 0 fully saturated rings. The highest BCUT2D eigenvalue weighted by molar-refractivity contribution is 6.07. The van der Waals surface area contributed by atoms with Gasteiger partial charge in [0.2, 0.25) is 0 Å². The van der Waals surface area contributed by atoms with Crippen molar-refractivity contribution in [2.45, 2.75) is 6.54 Å². The Morgan fingerprint density at radius 1 is 1.11 bits per heavy atom. The van der Waals surface area contributed by atoms with Crippen molar-refractivity contribution in [2.24, 2.45) is 0 Å². The summed E-state index contributed by atoms with van der Waals surface area (Å²) >= 11 is 0. The van der Waals surface area contributed by atoms with Crippen LogP contribution in [0, 0.1) is 5.82 Å². The number of carbonyl (C=O) groups is 1. The molecule has 2 aromatic carbocycles. The summed E-state index contributed by atoms with van der Waals surface area (Å²) in [7, 11) is 1.30. The summed E-state index contributed by atoms with van der Waals surface area (Å²) in [5.74, 6) is -1.66. The molecule has 1 aromatic heterocycles. The number of nitrogen functional groups attached to an aromatic ring is 1. The quantitative estimate of drug-likeness (QED) is 0.730. The molecule has 0 aliphatic heterocycles. The molecule has 3 rings (SSSR count). The van der Waals surface area contributed by atoms with E-state index in [-0.39, 0.29) is 23.6 Å².